The first-order valence-corrected chi connectivity index (χ1v) is 23.6. The summed E-state index contributed by atoms with van der Waals surface area (Å²) >= 11 is 0. The van der Waals surface area contributed by atoms with E-state index >= 15 is 0 Å². The van der Waals surface area contributed by atoms with Crippen molar-refractivity contribution in [1.82, 2.24) is 29.1 Å². The van der Waals surface area contributed by atoms with Crippen LogP contribution in [0.2, 0.25) is 0 Å². The van der Waals surface area contributed by atoms with Gasteiger partial charge in [-0.3, -0.25) is 0 Å². The number of pyridine rings is 1. The topological polar surface area (TPSA) is 61.4 Å². The number of aryl methyl sites for hydroxylation is 1. The number of rotatable bonds is 6. The lowest BCUT2D eigenvalue weighted by molar-refractivity contribution is 0.727. The molecule has 0 saturated heterocycles. The quantitative estimate of drug-likeness (QED) is 0.167. The monoisotopic (exact) mass is 852 g/mol. The Balaban J connectivity index is 0.918. The number of fused-ring (bicyclic) bond motifs is 10. The minimum Gasteiger partial charge on any atom is -0.310 e. The smallest absolute Gasteiger partial charge is 0.163 e. The molecule has 0 N–H and O–H groups in total. The third-order valence-corrected chi connectivity index (χ3v) is 14.3. The highest BCUT2D eigenvalue weighted by molar-refractivity contribution is 6.23. The van der Waals surface area contributed by atoms with Crippen molar-refractivity contribution in [1.29, 1.82) is 0 Å². The van der Waals surface area contributed by atoms with Crippen LogP contribution in [-0.4, -0.2) is 29.1 Å². The third kappa shape index (κ3) is 6.23. The van der Waals surface area contributed by atoms with E-state index in [4.69, 9.17) is 19.9 Å². The molecule has 3 atom stereocenters. The summed E-state index contributed by atoms with van der Waals surface area (Å²) in [6, 6.07) is 41.7. The number of hydrogen-bond donors (Lipinski definition) is 0. The lowest BCUT2D eigenvalue weighted by Gasteiger charge is -2.20. The first-order valence-electron chi connectivity index (χ1n) is 23.6. The zero-order valence-corrected chi connectivity index (χ0v) is 37.2. The molecule has 0 radical (unpaired) electrons. The van der Waals surface area contributed by atoms with Gasteiger partial charge in [-0.1, -0.05) is 141 Å². The molecule has 13 rings (SSSR count). The number of allylic oxidation sites excluding steroid dienone is 10. The van der Waals surface area contributed by atoms with Crippen molar-refractivity contribution in [3.63, 3.8) is 0 Å². The molecule has 0 fully saturated rings. The maximum Gasteiger partial charge on any atom is 0.163 e. The highest BCUT2D eigenvalue weighted by Gasteiger charge is 2.27. The van der Waals surface area contributed by atoms with Gasteiger partial charge in [0.05, 0.1) is 27.8 Å². The van der Waals surface area contributed by atoms with E-state index in [1.807, 2.05) is 0 Å². The minimum absolute atomic E-state index is 0.0271. The number of nitrogens with zero attached hydrogens (tertiary/aromatic N) is 6. The van der Waals surface area contributed by atoms with E-state index in [2.05, 4.69) is 199 Å². The predicted molar refractivity (Wildman–Crippen MR) is 273 cm³/mol. The largest absolute Gasteiger partial charge is 0.310 e. The van der Waals surface area contributed by atoms with Gasteiger partial charge in [-0.15, -0.1) is 0 Å². The van der Waals surface area contributed by atoms with Crippen LogP contribution in [0.1, 0.15) is 85.4 Å². The fourth-order valence-electron chi connectivity index (χ4n) is 11.1. The molecule has 4 heterocycles. The predicted octanol–water partition coefficient (Wildman–Crippen LogP) is 14.8. The zero-order valence-electron chi connectivity index (χ0n) is 37.2. The molecule has 0 amide bonds. The molecule has 5 aromatic carbocycles. The van der Waals surface area contributed by atoms with E-state index in [0.717, 1.165) is 83.0 Å². The number of aromatic nitrogens is 6. The van der Waals surface area contributed by atoms with E-state index in [1.165, 1.54) is 60.5 Å². The summed E-state index contributed by atoms with van der Waals surface area (Å²) in [7, 11) is 0. The molecule has 6 heteroatoms. The van der Waals surface area contributed by atoms with Crippen LogP contribution in [0.4, 0.5) is 0 Å². The molecule has 4 aromatic heterocycles. The van der Waals surface area contributed by atoms with Gasteiger partial charge in [0.15, 0.2) is 11.6 Å². The van der Waals surface area contributed by atoms with Crippen LogP contribution in [0, 0.1) is 5.92 Å². The molecule has 318 valence electrons. The van der Waals surface area contributed by atoms with Gasteiger partial charge in [0.25, 0.3) is 0 Å². The van der Waals surface area contributed by atoms with Crippen molar-refractivity contribution in [2.75, 3.05) is 0 Å². The van der Waals surface area contributed by atoms with Crippen molar-refractivity contribution in [2.45, 2.75) is 57.8 Å². The van der Waals surface area contributed by atoms with Gasteiger partial charge >= 0.3 is 0 Å². The Hall–Kier alpha value is -7.70. The number of para-hydroxylation sites is 2. The molecule has 0 bridgehead atoms. The van der Waals surface area contributed by atoms with E-state index in [9.17, 15) is 0 Å². The van der Waals surface area contributed by atoms with Crippen LogP contribution in [0.15, 0.2) is 164 Å². The van der Waals surface area contributed by atoms with Crippen LogP contribution in [0.25, 0.3) is 95.4 Å². The van der Waals surface area contributed by atoms with Crippen molar-refractivity contribution < 1.29 is 0 Å². The molecule has 4 aliphatic rings. The van der Waals surface area contributed by atoms with Crippen molar-refractivity contribution in [3.05, 3.63) is 198 Å². The van der Waals surface area contributed by atoms with Crippen LogP contribution in [0.5, 0.6) is 0 Å². The summed E-state index contributed by atoms with van der Waals surface area (Å²) in [5.41, 5.74) is 16.5. The van der Waals surface area contributed by atoms with Gasteiger partial charge in [0, 0.05) is 61.2 Å². The first-order chi connectivity index (χ1) is 32.6. The number of hydrogen-bond acceptors (Lipinski definition) is 4. The van der Waals surface area contributed by atoms with Gasteiger partial charge in [0.2, 0.25) is 0 Å². The lowest BCUT2D eigenvalue weighted by atomic mass is 9.91. The highest BCUT2D eigenvalue weighted by Crippen LogP contribution is 2.45. The Kier molecular flexibility index (Phi) is 9.09. The van der Waals surface area contributed by atoms with Gasteiger partial charge in [-0.2, -0.15) is 0 Å². The molecule has 0 aliphatic heterocycles. The van der Waals surface area contributed by atoms with E-state index < -0.39 is 0 Å². The summed E-state index contributed by atoms with van der Waals surface area (Å²) in [5.74, 6) is 3.11. The molecular weight excluding hydrogens is 805 g/mol. The van der Waals surface area contributed by atoms with Crippen LogP contribution in [0.3, 0.4) is 0 Å². The van der Waals surface area contributed by atoms with Crippen molar-refractivity contribution >= 4 is 67.0 Å². The molecule has 0 saturated carbocycles. The van der Waals surface area contributed by atoms with Crippen molar-refractivity contribution in [3.8, 4) is 28.3 Å². The Morgan fingerprint density at radius 1 is 0.621 bits per heavy atom. The van der Waals surface area contributed by atoms with Crippen LogP contribution < -0.4 is 0 Å². The van der Waals surface area contributed by atoms with E-state index in [0.29, 0.717) is 17.7 Å². The minimum atomic E-state index is -0.0271. The maximum atomic E-state index is 5.54. The summed E-state index contributed by atoms with van der Waals surface area (Å²) < 4.78 is 4.88. The molecule has 0 spiro atoms. The number of benzene rings is 5. The first kappa shape index (κ1) is 38.7. The summed E-state index contributed by atoms with van der Waals surface area (Å²) in [6.07, 6.45) is 27.5. The second kappa shape index (κ2) is 15.5. The molecule has 66 heavy (non-hydrogen) atoms. The average molecular weight is 853 g/mol. The fraction of sp³-hybridized carbons (Fsp3) is 0.167. The normalized spacial score (nSPS) is 18.8. The lowest BCUT2D eigenvalue weighted by Crippen LogP contribution is -2.12. The summed E-state index contributed by atoms with van der Waals surface area (Å²) in [4.78, 5) is 21.3. The third-order valence-electron chi connectivity index (χ3n) is 14.3. The molecule has 6 nitrogen and oxygen atoms in total. The average Bonchev–Trinajstić information content (AvgIpc) is 3.91. The molecule has 9 aromatic rings. The van der Waals surface area contributed by atoms with Gasteiger partial charge in [-0.05, 0) is 109 Å². The highest BCUT2D eigenvalue weighted by atomic mass is 15.0. The van der Waals surface area contributed by atoms with Crippen molar-refractivity contribution in [2.24, 2.45) is 5.92 Å². The standard InChI is InChI=1S/C60H48N6/c1-37-14-12-19-43(36-37)60-63-58(41-26-31-44(32-27-41)65-50-23-10-8-21-47(50)53-38(2)15-13-25-52(53)65)62-59(64-60)42-28-33-45(34-29-42)66-51-24-11-9-22-48(51)54-55(40-17-4-3-5-18-40)61-56-46-20-7-6-16-39(46)30-35-49(56)57(54)66/h3-5,7-14,17-28,30-35,37-38,42H,6,15-16,29,36H2,1-2H3. The maximum absolute atomic E-state index is 5.54. The fourth-order valence-corrected chi connectivity index (χ4v) is 11.1. The summed E-state index contributed by atoms with van der Waals surface area (Å²) in [5, 5.41) is 4.87. The van der Waals surface area contributed by atoms with Gasteiger partial charge < -0.3 is 9.13 Å². The Bertz CT molecular complexity index is 3650. The molecule has 3 unspecified atom stereocenters. The SMILES string of the molecule is CC1C=CC=C(c2nc(-c3ccc(-n4c5c(c6ccccc64)C(C)CC=C5)cc3)nc(C3C=CC(n4c5ccccc5c5c(-c6ccccc6)nc6c7c(ccc6c54)CCC=C7)=CC3)n2)C1. The van der Waals surface area contributed by atoms with Crippen LogP contribution >= 0.6 is 0 Å². The Morgan fingerprint density at radius 2 is 1.41 bits per heavy atom. The summed E-state index contributed by atoms with van der Waals surface area (Å²) in [6.45, 7) is 4.59. The van der Waals surface area contributed by atoms with Gasteiger partial charge in [0.1, 0.15) is 5.82 Å². The zero-order chi connectivity index (χ0) is 43.9. The van der Waals surface area contributed by atoms with Gasteiger partial charge in [-0.25, -0.2) is 19.9 Å². The Morgan fingerprint density at radius 3 is 2.23 bits per heavy atom. The van der Waals surface area contributed by atoms with E-state index in [-0.39, 0.29) is 5.92 Å². The van der Waals surface area contributed by atoms with Crippen LogP contribution in [-0.2, 0) is 6.42 Å². The molecular formula is C60H48N6. The second-order valence-electron chi connectivity index (χ2n) is 18.5. The Labute approximate surface area is 384 Å². The van der Waals surface area contributed by atoms with E-state index in [1.54, 1.807) is 0 Å². The molecule has 4 aliphatic carbocycles. The second-order valence-corrected chi connectivity index (χ2v) is 18.5.